The average molecular weight is 330 g/mol. The molecule has 5 nitrogen and oxygen atoms in total. The summed E-state index contributed by atoms with van der Waals surface area (Å²) in [5, 5.41) is 2.86. The van der Waals surface area contributed by atoms with Crippen molar-refractivity contribution in [3.8, 4) is 0 Å². The summed E-state index contributed by atoms with van der Waals surface area (Å²) in [6.45, 7) is 2.42. The Morgan fingerprint density at radius 3 is 2.32 bits per heavy atom. The van der Waals surface area contributed by atoms with E-state index < -0.39 is 0 Å². The maximum Gasteiger partial charge on any atom is 0.226 e. The second kappa shape index (κ2) is 7.64. The molecule has 1 aliphatic heterocycles. The summed E-state index contributed by atoms with van der Waals surface area (Å²) >= 11 is 0. The van der Waals surface area contributed by atoms with E-state index in [1.54, 1.807) is 0 Å². The Labute approximate surface area is 138 Å². The van der Waals surface area contributed by atoms with Gasteiger partial charge in [-0.1, -0.05) is 0 Å². The van der Waals surface area contributed by atoms with Crippen molar-refractivity contribution in [3.63, 3.8) is 0 Å². The average Bonchev–Trinajstić information content (AvgIpc) is 3.39. The summed E-state index contributed by atoms with van der Waals surface area (Å²) in [6, 6.07) is 0. The maximum absolute atomic E-state index is 12.8. The Morgan fingerprint density at radius 2 is 1.77 bits per heavy atom. The fourth-order valence-electron chi connectivity index (χ4n) is 3.64. The van der Waals surface area contributed by atoms with Crippen LogP contribution in [-0.4, -0.2) is 42.9 Å². The van der Waals surface area contributed by atoms with Gasteiger partial charge in [-0.25, -0.2) is 0 Å². The number of likely N-dealkylation sites (tertiary alicyclic amines) is 1. The van der Waals surface area contributed by atoms with Crippen LogP contribution in [0.2, 0.25) is 0 Å². The lowest BCUT2D eigenvalue weighted by atomic mass is 9.92. The smallest absolute Gasteiger partial charge is 0.226 e. The van der Waals surface area contributed by atoms with Crippen molar-refractivity contribution >= 4 is 24.2 Å². The van der Waals surface area contributed by atoms with Crippen molar-refractivity contribution < 1.29 is 9.59 Å². The lowest BCUT2D eigenvalue weighted by Crippen LogP contribution is -2.48. The minimum absolute atomic E-state index is 0. The molecule has 0 aromatic heterocycles. The van der Waals surface area contributed by atoms with E-state index >= 15 is 0 Å². The fourth-order valence-corrected chi connectivity index (χ4v) is 3.64. The predicted molar refractivity (Wildman–Crippen MR) is 87.6 cm³/mol. The van der Waals surface area contributed by atoms with Gasteiger partial charge in [0.25, 0.3) is 0 Å². The van der Waals surface area contributed by atoms with Crippen LogP contribution in [0.1, 0.15) is 38.5 Å². The van der Waals surface area contributed by atoms with Crippen LogP contribution >= 0.6 is 12.4 Å². The van der Waals surface area contributed by atoms with Crippen molar-refractivity contribution in [3.05, 3.63) is 0 Å². The molecule has 1 unspecified atom stereocenters. The Kier molecular flexibility index (Phi) is 6.09. The van der Waals surface area contributed by atoms with Gasteiger partial charge in [-0.05, 0) is 50.4 Å². The molecule has 3 aliphatic rings. The Morgan fingerprint density at radius 1 is 1.14 bits per heavy atom. The van der Waals surface area contributed by atoms with Gasteiger partial charge < -0.3 is 16.0 Å². The highest BCUT2D eigenvalue weighted by atomic mass is 35.5. The molecular formula is C16H28ClN3O2. The van der Waals surface area contributed by atoms with E-state index in [1.165, 1.54) is 25.7 Å². The van der Waals surface area contributed by atoms with Crippen LogP contribution < -0.4 is 11.1 Å². The molecule has 0 aromatic rings. The third kappa shape index (κ3) is 4.13. The molecule has 0 spiro atoms. The van der Waals surface area contributed by atoms with E-state index in [1.807, 2.05) is 4.90 Å². The second-order valence-electron chi connectivity index (χ2n) is 6.90. The fraction of sp³-hybridized carbons (Fsp3) is 0.875. The quantitative estimate of drug-likeness (QED) is 0.767. The van der Waals surface area contributed by atoms with Crippen molar-refractivity contribution in [1.82, 2.24) is 10.2 Å². The Balaban J connectivity index is 0.00000176. The normalized spacial score (nSPS) is 24.8. The third-order valence-electron chi connectivity index (χ3n) is 5.09. The van der Waals surface area contributed by atoms with Crippen molar-refractivity contribution in [2.45, 2.75) is 38.5 Å². The molecule has 1 heterocycles. The molecule has 1 atom stereocenters. The predicted octanol–water partition coefficient (Wildman–Crippen LogP) is 1.16. The van der Waals surface area contributed by atoms with Gasteiger partial charge in [0, 0.05) is 32.1 Å². The zero-order valence-electron chi connectivity index (χ0n) is 13.1. The minimum atomic E-state index is -0.0479. The minimum Gasteiger partial charge on any atom is -0.355 e. The number of carbonyl (C=O) groups is 2. The molecule has 0 radical (unpaired) electrons. The van der Waals surface area contributed by atoms with Gasteiger partial charge in [-0.15, -0.1) is 12.4 Å². The summed E-state index contributed by atoms with van der Waals surface area (Å²) in [5.41, 5.74) is 5.42. The number of nitrogens with two attached hydrogens (primary N) is 1. The number of amides is 2. The maximum atomic E-state index is 12.8. The number of hydrogen-bond acceptors (Lipinski definition) is 3. The van der Waals surface area contributed by atoms with Gasteiger partial charge in [0.15, 0.2) is 0 Å². The van der Waals surface area contributed by atoms with Crippen molar-refractivity contribution in [1.29, 1.82) is 0 Å². The van der Waals surface area contributed by atoms with E-state index in [2.05, 4.69) is 5.32 Å². The van der Waals surface area contributed by atoms with Crippen molar-refractivity contribution in [2.24, 2.45) is 29.4 Å². The van der Waals surface area contributed by atoms with Crippen LogP contribution in [-0.2, 0) is 9.59 Å². The molecule has 2 aliphatic carbocycles. The summed E-state index contributed by atoms with van der Waals surface area (Å²) in [5.74, 6) is 1.88. The van der Waals surface area contributed by atoms with Crippen LogP contribution in [0.5, 0.6) is 0 Å². The molecule has 2 amide bonds. The largest absolute Gasteiger partial charge is 0.355 e. The van der Waals surface area contributed by atoms with Crippen LogP contribution in [0.4, 0.5) is 0 Å². The standard InChI is InChI=1S/C16H27N3O2.ClH/c17-7-8-18-15(20)13-2-1-9-19(10-13)16(21)14(11-3-4-11)12-5-6-12;/h11-14H,1-10,17H2,(H,18,20);1H. The first-order valence-electron chi connectivity index (χ1n) is 8.47. The van der Waals surface area contributed by atoms with Crippen LogP contribution in [0, 0.1) is 23.7 Å². The first kappa shape index (κ1) is 17.5. The molecule has 3 N–H and O–H groups in total. The molecule has 6 heteroatoms. The van der Waals surface area contributed by atoms with Gasteiger partial charge in [-0.2, -0.15) is 0 Å². The van der Waals surface area contributed by atoms with E-state index in [9.17, 15) is 9.59 Å². The van der Waals surface area contributed by atoms with Gasteiger partial charge in [0.05, 0.1) is 5.92 Å². The summed E-state index contributed by atoms with van der Waals surface area (Å²) in [6.07, 6.45) is 6.72. The highest BCUT2D eigenvalue weighted by molar-refractivity contribution is 5.85. The van der Waals surface area contributed by atoms with Crippen LogP contribution in [0.3, 0.4) is 0 Å². The van der Waals surface area contributed by atoms with Gasteiger partial charge in [0.2, 0.25) is 11.8 Å². The van der Waals surface area contributed by atoms with Gasteiger partial charge in [-0.3, -0.25) is 9.59 Å². The van der Waals surface area contributed by atoms with Crippen LogP contribution in [0.15, 0.2) is 0 Å². The Hall–Kier alpha value is -0.810. The number of halogens is 1. The number of rotatable bonds is 6. The van der Waals surface area contributed by atoms with E-state index in [-0.39, 0.29) is 30.2 Å². The number of nitrogens with one attached hydrogen (secondary N) is 1. The molecule has 3 fully saturated rings. The van der Waals surface area contributed by atoms with E-state index in [0.717, 1.165) is 19.4 Å². The SMILES string of the molecule is Cl.NCCNC(=O)C1CCCN(C(=O)C(C2CC2)C2CC2)C1. The monoisotopic (exact) mass is 329 g/mol. The Bertz CT molecular complexity index is 398. The van der Waals surface area contributed by atoms with E-state index in [0.29, 0.717) is 37.4 Å². The van der Waals surface area contributed by atoms with E-state index in [4.69, 9.17) is 5.73 Å². The molecule has 22 heavy (non-hydrogen) atoms. The third-order valence-corrected chi connectivity index (χ3v) is 5.09. The highest BCUT2D eigenvalue weighted by Gasteiger charge is 2.47. The zero-order valence-corrected chi connectivity index (χ0v) is 13.9. The lowest BCUT2D eigenvalue weighted by molar-refractivity contribution is -0.140. The molecule has 0 bridgehead atoms. The zero-order chi connectivity index (χ0) is 14.8. The molecule has 3 rings (SSSR count). The van der Waals surface area contributed by atoms with Crippen LogP contribution in [0.25, 0.3) is 0 Å². The van der Waals surface area contributed by atoms with Gasteiger partial charge in [0.1, 0.15) is 0 Å². The molecule has 126 valence electrons. The summed E-state index contributed by atoms with van der Waals surface area (Å²) in [4.78, 5) is 26.9. The molecule has 0 aromatic carbocycles. The van der Waals surface area contributed by atoms with Gasteiger partial charge >= 0.3 is 0 Å². The molecular weight excluding hydrogens is 302 g/mol. The second-order valence-corrected chi connectivity index (χ2v) is 6.90. The molecule has 2 saturated carbocycles. The first-order valence-corrected chi connectivity index (χ1v) is 8.47. The summed E-state index contributed by atoms with van der Waals surface area (Å²) < 4.78 is 0. The number of carbonyl (C=O) groups excluding carboxylic acids is 2. The summed E-state index contributed by atoms with van der Waals surface area (Å²) in [7, 11) is 0. The topological polar surface area (TPSA) is 75.4 Å². The lowest BCUT2D eigenvalue weighted by Gasteiger charge is -2.34. The molecule has 1 saturated heterocycles. The highest BCUT2D eigenvalue weighted by Crippen LogP contribution is 2.50. The number of piperidine rings is 1. The van der Waals surface area contributed by atoms with Crippen molar-refractivity contribution in [2.75, 3.05) is 26.2 Å². The first-order chi connectivity index (χ1) is 10.2. The number of nitrogens with zero attached hydrogens (tertiary/aromatic N) is 1. The number of hydrogen-bond donors (Lipinski definition) is 2.